The van der Waals surface area contributed by atoms with Crippen molar-refractivity contribution in [2.45, 2.75) is 6.42 Å². The number of benzene rings is 1. The Hall–Kier alpha value is -1.71. The van der Waals surface area contributed by atoms with E-state index in [-0.39, 0.29) is 12.0 Å². The molecule has 0 atom stereocenters. The molecule has 0 unspecified atom stereocenters. The number of rotatable bonds is 3. The van der Waals surface area contributed by atoms with Gasteiger partial charge in [0.05, 0.1) is 0 Å². The fourth-order valence-electron chi connectivity index (χ4n) is 1.00. The zero-order chi connectivity index (χ0) is 10.6. The molecule has 1 aromatic carbocycles. The Kier molecular flexibility index (Phi) is 3.34. The fourth-order valence-corrected chi connectivity index (χ4v) is 1.00. The summed E-state index contributed by atoms with van der Waals surface area (Å²) in [5.74, 6) is -2.47. The number of carbonyl (C=O) groups is 1. The fraction of sp³-hybridized carbons (Fsp3) is 0.100. The van der Waals surface area contributed by atoms with E-state index in [9.17, 15) is 13.6 Å². The van der Waals surface area contributed by atoms with Crippen molar-refractivity contribution in [1.82, 2.24) is 0 Å². The lowest BCUT2D eigenvalue weighted by Gasteiger charge is -1.99. The second-order valence-corrected chi connectivity index (χ2v) is 2.64. The van der Waals surface area contributed by atoms with Gasteiger partial charge in [0.1, 0.15) is 11.6 Å². The topological polar surface area (TPSA) is 37.3 Å². The van der Waals surface area contributed by atoms with E-state index in [1.807, 2.05) is 0 Å². The van der Waals surface area contributed by atoms with E-state index in [2.05, 4.69) is 0 Å². The van der Waals surface area contributed by atoms with Crippen LogP contribution in [0, 0.1) is 11.6 Å². The Morgan fingerprint density at radius 1 is 1.36 bits per heavy atom. The first-order valence-corrected chi connectivity index (χ1v) is 3.93. The predicted molar refractivity (Wildman–Crippen MR) is 46.8 cm³/mol. The maximum absolute atomic E-state index is 13.0. The Morgan fingerprint density at radius 3 is 2.43 bits per heavy atom. The summed E-state index contributed by atoms with van der Waals surface area (Å²) in [5.41, 5.74) is -0.120. The molecule has 0 heterocycles. The highest BCUT2D eigenvalue weighted by molar-refractivity contribution is 5.79. The van der Waals surface area contributed by atoms with Gasteiger partial charge in [0.15, 0.2) is 0 Å². The Balaban J connectivity index is 2.81. The molecule has 0 bridgehead atoms. The Morgan fingerprint density at radius 2 is 1.93 bits per heavy atom. The lowest BCUT2D eigenvalue weighted by Crippen LogP contribution is -1.94. The molecule has 0 saturated carbocycles. The molecule has 0 saturated heterocycles. The van der Waals surface area contributed by atoms with Gasteiger partial charge in [0, 0.05) is 11.6 Å². The summed E-state index contributed by atoms with van der Waals surface area (Å²) in [6.07, 6.45) is 1.99. The Bertz CT molecular complexity index is 352. The third-order valence-electron chi connectivity index (χ3n) is 1.64. The van der Waals surface area contributed by atoms with Crippen molar-refractivity contribution in [1.29, 1.82) is 0 Å². The van der Waals surface area contributed by atoms with E-state index in [4.69, 9.17) is 5.11 Å². The largest absolute Gasteiger partial charge is 0.478 e. The van der Waals surface area contributed by atoms with Crippen LogP contribution < -0.4 is 0 Å². The molecule has 4 heteroatoms. The summed E-state index contributed by atoms with van der Waals surface area (Å²) in [5, 5.41) is 8.26. The summed E-state index contributed by atoms with van der Waals surface area (Å²) in [6, 6.07) is 3.52. The quantitative estimate of drug-likeness (QED) is 0.755. The smallest absolute Gasteiger partial charge is 0.327 e. The zero-order valence-electron chi connectivity index (χ0n) is 7.21. The minimum atomic E-state index is -1.14. The normalized spacial score (nSPS) is 10.7. The number of allylic oxidation sites excluding steroid dienone is 1. The van der Waals surface area contributed by atoms with Crippen LogP contribution in [0.25, 0.3) is 0 Å². The van der Waals surface area contributed by atoms with Gasteiger partial charge in [-0.15, -0.1) is 0 Å². The second-order valence-electron chi connectivity index (χ2n) is 2.64. The van der Waals surface area contributed by atoms with E-state index >= 15 is 0 Å². The molecule has 0 radical (unpaired) electrons. The molecule has 74 valence electrons. The molecule has 1 N–H and O–H groups in total. The second kappa shape index (κ2) is 4.50. The summed E-state index contributed by atoms with van der Waals surface area (Å²) in [7, 11) is 0. The highest BCUT2D eigenvalue weighted by atomic mass is 19.1. The minimum absolute atomic E-state index is 0.0647. The number of carboxylic acid groups (broad SMARTS) is 1. The molecule has 0 fully saturated rings. The highest BCUT2D eigenvalue weighted by Crippen LogP contribution is 2.12. The van der Waals surface area contributed by atoms with Gasteiger partial charge >= 0.3 is 5.97 Å². The van der Waals surface area contributed by atoms with Crippen molar-refractivity contribution in [3.63, 3.8) is 0 Å². The summed E-state index contributed by atoms with van der Waals surface area (Å²) in [4.78, 5) is 10.1. The first-order valence-electron chi connectivity index (χ1n) is 3.93. The van der Waals surface area contributed by atoms with Crippen LogP contribution >= 0.6 is 0 Å². The Labute approximate surface area is 79.5 Å². The van der Waals surface area contributed by atoms with Crippen LogP contribution in [-0.2, 0) is 11.2 Å². The number of hydrogen-bond acceptors (Lipinski definition) is 1. The molecule has 1 rings (SSSR count). The van der Waals surface area contributed by atoms with Gasteiger partial charge < -0.3 is 5.11 Å². The lowest BCUT2D eigenvalue weighted by molar-refractivity contribution is -0.131. The third kappa shape index (κ3) is 2.65. The molecule has 0 amide bonds. The van der Waals surface area contributed by atoms with Gasteiger partial charge in [0.25, 0.3) is 0 Å². The van der Waals surface area contributed by atoms with E-state index in [1.54, 1.807) is 0 Å². The molecular weight excluding hydrogens is 190 g/mol. The maximum atomic E-state index is 13.0. The van der Waals surface area contributed by atoms with Gasteiger partial charge in [0.2, 0.25) is 0 Å². The molecule has 2 nitrogen and oxygen atoms in total. The van der Waals surface area contributed by atoms with E-state index in [1.165, 1.54) is 12.1 Å². The van der Waals surface area contributed by atoms with Crippen molar-refractivity contribution in [2.75, 3.05) is 0 Å². The molecule has 0 aliphatic rings. The molecule has 14 heavy (non-hydrogen) atoms. The van der Waals surface area contributed by atoms with Crippen molar-refractivity contribution in [2.24, 2.45) is 0 Å². The van der Waals surface area contributed by atoms with Crippen molar-refractivity contribution < 1.29 is 18.7 Å². The summed E-state index contributed by atoms with van der Waals surface area (Å²) < 4.78 is 25.9. The van der Waals surface area contributed by atoms with E-state index in [0.717, 1.165) is 18.2 Å². The first-order chi connectivity index (χ1) is 6.61. The average Bonchev–Trinajstić information content (AvgIpc) is 2.09. The number of halogens is 2. The maximum Gasteiger partial charge on any atom is 0.327 e. The molecule has 0 aliphatic carbocycles. The van der Waals surface area contributed by atoms with Crippen molar-refractivity contribution in [3.05, 3.63) is 47.5 Å². The van der Waals surface area contributed by atoms with Gasteiger partial charge in [-0.3, -0.25) is 0 Å². The van der Waals surface area contributed by atoms with Gasteiger partial charge in [-0.2, -0.15) is 0 Å². The molecule has 0 aliphatic heterocycles. The first kappa shape index (κ1) is 10.4. The van der Waals surface area contributed by atoms with Crippen molar-refractivity contribution >= 4 is 5.97 Å². The van der Waals surface area contributed by atoms with Crippen LogP contribution in [0.15, 0.2) is 30.4 Å². The van der Waals surface area contributed by atoms with Crippen LogP contribution in [-0.4, -0.2) is 11.1 Å². The van der Waals surface area contributed by atoms with Crippen LogP contribution in [0.3, 0.4) is 0 Å². The van der Waals surface area contributed by atoms with Crippen LogP contribution in [0.4, 0.5) is 8.78 Å². The SMILES string of the molecule is O=C(O)C=CCc1c(F)cccc1F. The molecule has 0 spiro atoms. The van der Waals surface area contributed by atoms with Gasteiger partial charge in [-0.05, 0) is 18.6 Å². The van der Waals surface area contributed by atoms with E-state index in [0.29, 0.717) is 0 Å². The lowest BCUT2D eigenvalue weighted by atomic mass is 10.1. The predicted octanol–water partition coefficient (Wildman–Crippen LogP) is 2.15. The number of aliphatic carboxylic acids is 1. The van der Waals surface area contributed by atoms with E-state index < -0.39 is 17.6 Å². The average molecular weight is 198 g/mol. The summed E-state index contributed by atoms with van der Waals surface area (Å²) >= 11 is 0. The molecule has 0 aromatic heterocycles. The van der Waals surface area contributed by atoms with Gasteiger partial charge in [-0.25, -0.2) is 13.6 Å². The zero-order valence-corrected chi connectivity index (χ0v) is 7.21. The van der Waals surface area contributed by atoms with Crippen LogP contribution in [0.2, 0.25) is 0 Å². The van der Waals surface area contributed by atoms with Crippen LogP contribution in [0.5, 0.6) is 0 Å². The number of hydrogen-bond donors (Lipinski definition) is 1. The van der Waals surface area contributed by atoms with Gasteiger partial charge in [-0.1, -0.05) is 12.1 Å². The molecular formula is C10H8F2O2. The summed E-state index contributed by atoms with van der Waals surface area (Å²) in [6.45, 7) is 0. The monoisotopic (exact) mass is 198 g/mol. The third-order valence-corrected chi connectivity index (χ3v) is 1.64. The highest BCUT2D eigenvalue weighted by Gasteiger charge is 2.05. The number of carboxylic acids is 1. The minimum Gasteiger partial charge on any atom is -0.478 e. The standard InChI is InChI=1S/C10H8F2O2/c11-8-4-2-5-9(12)7(8)3-1-6-10(13)14/h1-2,4-6H,3H2,(H,13,14). The molecule has 1 aromatic rings. The van der Waals surface area contributed by atoms with Crippen molar-refractivity contribution in [3.8, 4) is 0 Å². The van der Waals surface area contributed by atoms with Crippen LogP contribution in [0.1, 0.15) is 5.56 Å².